The monoisotopic (exact) mass is 136 g/mol. The average Bonchev–Trinajstić information content (AvgIpc) is 2.59. The van der Waals surface area contributed by atoms with Crippen LogP contribution < -0.4 is 5.32 Å². The van der Waals surface area contributed by atoms with Gasteiger partial charge in [-0.3, -0.25) is 10.1 Å². The fourth-order valence-corrected chi connectivity index (χ4v) is 0.972. The van der Waals surface area contributed by atoms with Crippen LogP contribution in [0.25, 0.3) is 0 Å². The van der Waals surface area contributed by atoms with Gasteiger partial charge in [0, 0.05) is 12.7 Å². The van der Waals surface area contributed by atoms with E-state index in [1.165, 1.54) is 0 Å². The van der Waals surface area contributed by atoms with Crippen molar-refractivity contribution >= 4 is 5.84 Å². The summed E-state index contributed by atoms with van der Waals surface area (Å²) < 4.78 is 0. The number of amidine groups is 1. The molecule has 2 heterocycles. The van der Waals surface area contributed by atoms with E-state index in [0.29, 0.717) is 0 Å². The second kappa shape index (κ2) is 2.13. The standard InChI is InChI=1S/C6H8N4/c1-2-8-6(7-1)5-3-9-10-4-5/h3-4H,1-2H2,(H,7,8)(H,9,10). The molecule has 4 nitrogen and oxygen atoms in total. The van der Waals surface area contributed by atoms with E-state index < -0.39 is 0 Å². The molecule has 1 aromatic rings. The van der Waals surface area contributed by atoms with Crippen LogP contribution in [0.1, 0.15) is 5.56 Å². The van der Waals surface area contributed by atoms with Crippen molar-refractivity contribution in [3.63, 3.8) is 0 Å². The van der Waals surface area contributed by atoms with E-state index in [1.807, 2.05) is 6.20 Å². The fraction of sp³-hybridized carbons (Fsp3) is 0.333. The Labute approximate surface area is 58.4 Å². The number of nitrogens with one attached hydrogen (secondary N) is 2. The number of hydrogen-bond acceptors (Lipinski definition) is 3. The Kier molecular flexibility index (Phi) is 1.16. The number of aromatic amines is 1. The van der Waals surface area contributed by atoms with Crippen LogP contribution in [0, 0.1) is 0 Å². The van der Waals surface area contributed by atoms with Crippen LogP contribution in [0.3, 0.4) is 0 Å². The Bertz CT molecular complexity index is 236. The third kappa shape index (κ3) is 0.775. The summed E-state index contributed by atoms with van der Waals surface area (Å²) in [7, 11) is 0. The lowest BCUT2D eigenvalue weighted by molar-refractivity contribution is 0.960. The normalized spacial score (nSPS) is 16.6. The Morgan fingerprint density at radius 2 is 2.50 bits per heavy atom. The summed E-state index contributed by atoms with van der Waals surface area (Å²) in [5.41, 5.74) is 1.04. The SMILES string of the molecule is c1n[nH]cc1C1=NCCN1. The highest BCUT2D eigenvalue weighted by Crippen LogP contribution is 1.97. The van der Waals surface area contributed by atoms with E-state index in [9.17, 15) is 0 Å². The van der Waals surface area contributed by atoms with Crippen molar-refractivity contribution in [3.8, 4) is 0 Å². The lowest BCUT2D eigenvalue weighted by Crippen LogP contribution is -2.18. The summed E-state index contributed by atoms with van der Waals surface area (Å²) >= 11 is 0. The maximum atomic E-state index is 4.22. The lowest BCUT2D eigenvalue weighted by Gasteiger charge is -1.94. The van der Waals surface area contributed by atoms with Crippen molar-refractivity contribution in [1.29, 1.82) is 0 Å². The zero-order valence-corrected chi connectivity index (χ0v) is 5.46. The first-order valence-electron chi connectivity index (χ1n) is 3.24. The van der Waals surface area contributed by atoms with Crippen molar-refractivity contribution in [3.05, 3.63) is 18.0 Å². The topological polar surface area (TPSA) is 53.1 Å². The van der Waals surface area contributed by atoms with E-state index in [0.717, 1.165) is 24.5 Å². The zero-order valence-electron chi connectivity index (χ0n) is 5.46. The van der Waals surface area contributed by atoms with Gasteiger partial charge in [0.25, 0.3) is 0 Å². The largest absolute Gasteiger partial charge is 0.368 e. The molecule has 0 fully saturated rings. The van der Waals surface area contributed by atoms with Crippen LogP contribution >= 0.6 is 0 Å². The Balaban J connectivity index is 2.28. The lowest BCUT2D eigenvalue weighted by atomic mass is 10.3. The summed E-state index contributed by atoms with van der Waals surface area (Å²) in [4.78, 5) is 4.22. The highest BCUT2D eigenvalue weighted by atomic mass is 15.1. The number of hydrogen-bond donors (Lipinski definition) is 2. The minimum absolute atomic E-state index is 0.876. The molecular weight excluding hydrogens is 128 g/mol. The van der Waals surface area contributed by atoms with Gasteiger partial charge in [0.05, 0.1) is 18.3 Å². The first kappa shape index (κ1) is 5.46. The summed E-state index contributed by atoms with van der Waals surface area (Å²) in [6, 6.07) is 0. The van der Waals surface area contributed by atoms with Crippen LogP contribution in [0.2, 0.25) is 0 Å². The van der Waals surface area contributed by atoms with Gasteiger partial charge in [-0.05, 0) is 0 Å². The Morgan fingerprint density at radius 1 is 1.50 bits per heavy atom. The molecule has 10 heavy (non-hydrogen) atoms. The number of H-pyrrole nitrogens is 1. The minimum Gasteiger partial charge on any atom is -0.368 e. The molecule has 1 aromatic heterocycles. The number of nitrogens with zero attached hydrogens (tertiary/aromatic N) is 2. The molecule has 0 aromatic carbocycles. The van der Waals surface area contributed by atoms with E-state index in [2.05, 4.69) is 20.5 Å². The molecule has 4 heteroatoms. The van der Waals surface area contributed by atoms with Crippen molar-refractivity contribution < 1.29 is 0 Å². The van der Waals surface area contributed by atoms with Crippen LogP contribution in [0.15, 0.2) is 17.4 Å². The van der Waals surface area contributed by atoms with Gasteiger partial charge in [-0.15, -0.1) is 0 Å². The molecule has 0 amide bonds. The predicted molar refractivity (Wildman–Crippen MR) is 38.0 cm³/mol. The molecular formula is C6H8N4. The van der Waals surface area contributed by atoms with Crippen molar-refractivity contribution in [2.45, 2.75) is 0 Å². The molecule has 2 N–H and O–H groups in total. The summed E-state index contributed by atoms with van der Waals surface area (Å²) in [5.74, 6) is 0.953. The van der Waals surface area contributed by atoms with E-state index in [1.54, 1.807) is 6.20 Å². The average molecular weight is 136 g/mol. The Hall–Kier alpha value is -1.32. The van der Waals surface area contributed by atoms with Crippen LogP contribution in [-0.2, 0) is 0 Å². The maximum Gasteiger partial charge on any atom is 0.131 e. The first-order valence-corrected chi connectivity index (χ1v) is 3.24. The number of aliphatic imine (C=N–C) groups is 1. The molecule has 1 aliphatic rings. The molecule has 0 bridgehead atoms. The van der Waals surface area contributed by atoms with Gasteiger partial charge in [-0.1, -0.05) is 0 Å². The van der Waals surface area contributed by atoms with Crippen molar-refractivity contribution in [1.82, 2.24) is 15.5 Å². The highest BCUT2D eigenvalue weighted by Gasteiger charge is 2.07. The number of rotatable bonds is 1. The molecule has 0 spiro atoms. The summed E-state index contributed by atoms with van der Waals surface area (Å²) in [6.07, 6.45) is 3.59. The summed E-state index contributed by atoms with van der Waals surface area (Å²) in [6.45, 7) is 1.82. The van der Waals surface area contributed by atoms with Gasteiger partial charge in [0.15, 0.2) is 0 Å². The van der Waals surface area contributed by atoms with Gasteiger partial charge >= 0.3 is 0 Å². The molecule has 0 unspecified atom stereocenters. The zero-order chi connectivity index (χ0) is 6.81. The molecule has 0 atom stereocenters. The van der Waals surface area contributed by atoms with E-state index in [-0.39, 0.29) is 0 Å². The molecule has 52 valence electrons. The first-order chi connectivity index (χ1) is 4.97. The van der Waals surface area contributed by atoms with Crippen molar-refractivity contribution in [2.24, 2.45) is 4.99 Å². The van der Waals surface area contributed by atoms with Gasteiger partial charge in [0.2, 0.25) is 0 Å². The van der Waals surface area contributed by atoms with E-state index >= 15 is 0 Å². The van der Waals surface area contributed by atoms with Crippen LogP contribution in [-0.4, -0.2) is 29.1 Å². The van der Waals surface area contributed by atoms with Gasteiger partial charge in [-0.2, -0.15) is 5.10 Å². The second-order valence-electron chi connectivity index (χ2n) is 2.14. The molecule has 0 saturated heterocycles. The van der Waals surface area contributed by atoms with E-state index in [4.69, 9.17) is 0 Å². The molecule has 2 rings (SSSR count). The van der Waals surface area contributed by atoms with Crippen molar-refractivity contribution in [2.75, 3.05) is 13.1 Å². The highest BCUT2D eigenvalue weighted by molar-refractivity contribution is 5.99. The van der Waals surface area contributed by atoms with Crippen LogP contribution in [0.4, 0.5) is 0 Å². The van der Waals surface area contributed by atoms with Gasteiger partial charge in [0.1, 0.15) is 5.84 Å². The quantitative estimate of drug-likeness (QED) is 0.559. The van der Waals surface area contributed by atoms with Gasteiger partial charge in [-0.25, -0.2) is 0 Å². The smallest absolute Gasteiger partial charge is 0.131 e. The van der Waals surface area contributed by atoms with Crippen LogP contribution in [0.5, 0.6) is 0 Å². The third-order valence-corrected chi connectivity index (χ3v) is 1.45. The van der Waals surface area contributed by atoms with Gasteiger partial charge < -0.3 is 5.32 Å². The molecule has 1 aliphatic heterocycles. The maximum absolute atomic E-state index is 4.22. The number of aromatic nitrogens is 2. The Morgan fingerprint density at radius 3 is 3.10 bits per heavy atom. The fourth-order valence-electron chi connectivity index (χ4n) is 0.972. The molecule has 0 aliphatic carbocycles. The molecule has 0 saturated carbocycles. The molecule has 0 radical (unpaired) electrons. The third-order valence-electron chi connectivity index (χ3n) is 1.45. The second-order valence-corrected chi connectivity index (χ2v) is 2.14. The predicted octanol–water partition coefficient (Wildman–Crippen LogP) is -0.241. The minimum atomic E-state index is 0.876. The summed E-state index contributed by atoms with van der Waals surface area (Å²) in [5, 5.41) is 9.71.